The van der Waals surface area contributed by atoms with Crippen molar-refractivity contribution < 1.29 is 4.79 Å². The Labute approximate surface area is 84.3 Å². The van der Waals surface area contributed by atoms with E-state index in [1.807, 2.05) is 0 Å². The highest BCUT2D eigenvalue weighted by Gasteiger charge is 2.09. The van der Waals surface area contributed by atoms with Crippen molar-refractivity contribution in [1.29, 1.82) is 0 Å². The third-order valence-corrected chi connectivity index (χ3v) is 3.38. The molecule has 1 aliphatic rings. The van der Waals surface area contributed by atoms with Gasteiger partial charge in [-0.3, -0.25) is 4.79 Å². The third kappa shape index (κ3) is 3.39. The van der Waals surface area contributed by atoms with E-state index in [9.17, 15) is 4.79 Å². The normalized spacial score (nSPS) is 22.2. The second kappa shape index (κ2) is 4.66. The van der Waals surface area contributed by atoms with Crippen LogP contribution in [-0.4, -0.2) is 11.5 Å². The zero-order valence-electron chi connectivity index (χ0n) is 8.46. The maximum absolute atomic E-state index is 10.8. The summed E-state index contributed by atoms with van der Waals surface area (Å²) >= 11 is 1.66. The number of thioether (sulfide) groups is 1. The molecule has 0 aromatic heterocycles. The van der Waals surface area contributed by atoms with E-state index in [0.29, 0.717) is 11.7 Å². The molecule has 1 atom stereocenters. The van der Waals surface area contributed by atoms with Crippen molar-refractivity contribution in [3.8, 4) is 0 Å². The van der Waals surface area contributed by atoms with Gasteiger partial charge in [0, 0.05) is 4.91 Å². The Kier molecular flexibility index (Phi) is 3.79. The zero-order valence-corrected chi connectivity index (χ0v) is 9.28. The van der Waals surface area contributed by atoms with Crippen molar-refractivity contribution in [2.45, 2.75) is 27.2 Å². The van der Waals surface area contributed by atoms with Gasteiger partial charge >= 0.3 is 0 Å². The van der Waals surface area contributed by atoms with Crippen molar-refractivity contribution in [2.24, 2.45) is 5.92 Å². The number of rotatable bonds is 3. The van der Waals surface area contributed by atoms with Crippen LogP contribution in [0.4, 0.5) is 0 Å². The summed E-state index contributed by atoms with van der Waals surface area (Å²) < 4.78 is 0. The molecule has 0 amide bonds. The summed E-state index contributed by atoms with van der Waals surface area (Å²) in [5.74, 6) is 1.50. The Hall–Kier alpha value is -0.500. The summed E-state index contributed by atoms with van der Waals surface area (Å²) in [6.07, 6.45) is 5.63. The van der Waals surface area contributed by atoms with E-state index >= 15 is 0 Å². The first kappa shape index (κ1) is 10.6. The zero-order chi connectivity index (χ0) is 9.84. The Bertz CT molecular complexity index is 263. The standard InChI is InChI=1S/C11H16OS/c1-8-4-5-11(9(2)6-8)13-7-10(3)12/h5-6,8H,4,7H2,1-3H3. The molecule has 0 bridgehead atoms. The molecule has 1 rings (SSSR count). The van der Waals surface area contributed by atoms with Gasteiger partial charge in [-0.05, 0) is 31.8 Å². The first-order chi connectivity index (χ1) is 6.09. The number of ketones is 1. The molecular weight excluding hydrogens is 180 g/mol. The van der Waals surface area contributed by atoms with Crippen molar-refractivity contribution in [1.82, 2.24) is 0 Å². The summed E-state index contributed by atoms with van der Waals surface area (Å²) in [5.41, 5.74) is 1.32. The summed E-state index contributed by atoms with van der Waals surface area (Å²) in [6.45, 7) is 5.97. The number of carbonyl (C=O) groups excluding carboxylic acids is 1. The van der Waals surface area contributed by atoms with Crippen molar-refractivity contribution >= 4 is 17.5 Å². The van der Waals surface area contributed by atoms with Gasteiger partial charge in [-0.15, -0.1) is 11.8 Å². The molecule has 0 heterocycles. The molecule has 0 N–H and O–H groups in total. The second-order valence-electron chi connectivity index (χ2n) is 3.62. The van der Waals surface area contributed by atoms with Gasteiger partial charge in [0.25, 0.3) is 0 Å². The predicted octanol–water partition coefficient (Wildman–Crippen LogP) is 3.18. The van der Waals surface area contributed by atoms with Gasteiger partial charge in [0.2, 0.25) is 0 Å². The fraction of sp³-hybridized carbons (Fsp3) is 0.545. The molecule has 1 nitrogen and oxygen atoms in total. The van der Waals surface area contributed by atoms with E-state index in [4.69, 9.17) is 0 Å². The van der Waals surface area contributed by atoms with Crippen LogP contribution >= 0.6 is 11.8 Å². The van der Waals surface area contributed by atoms with Gasteiger partial charge in [0.15, 0.2) is 0 Å². The Balaban J connectivity index is 2.52. The number of hydrogen-bond acceptors (Lipinski definition) is 2. The van der Waals surface area contributed by atoms with E-state index in [0.717, 1.165) is 6.42 Å². The van der Waals surface area contributed by atoms with E-state index in [-0.39, 0.29) is 5.78 Å². The minimum absolute atomic E-state index is 0.248. The number of Topliss-reactive ketones (excluding diaryl/α,β-unsaturated/α-hetero) is 1. The maximum atomic E-state index is 10.8. The third-order valence-electron chi connectivity index (χ3n) is 2.03. The Morgan fingerprint density at radius 2 is 2.38 bits per heavy atom. The average Bonchev–Trinajstić information content (AvgIpc) is 2.02. The lowest BCUT2D eigenvalue weighted by Gasteiger charge is -2.15. The summed E-state index contributed by atoms with van der Waals surface area (Å²) in [4.78, 5) is 12.1. The summed E-state index contributed by atoms with van der Waals surface area (Å²) in [5, 5.41) is 0. The van der Waals surface area contributed by atoms with Crippen LogP contribution in [0.5, 0.6) is 0 Å². The summed E-state index contributed by atoms with van der Waals surface area (Å²) in [6, 6.07) is 0. The van der Waals surface area contributed by atoms with Crippen molar-refractivity contribution in [3.05, 3.63) is 22.6 Å². The number of allylic oxidation sites excluding steroid dienone is 3. The Morgan fingerprint density at radius 1 is 1.69 bits per heavy atom. The van der Waals surface area contributed by atoms with Gasteiger partial charge < -0.3 is 0 Å². The van der Waals surface area contributed by atoms with Crippen LogP contribution in [0.25, 0.3) is 0 Å². The minimum atomic E-state index is 0.248. The van der Waals surface area contributed by atoms with Gasteiger partial charge in [-0.1, -0.05) is 19.1 Å². The fourth-order valence-electron chi connectivity index (χ4n) is 1.38. The van der Waals surface area contributed by atoms with Gasteiger partial charge in [0.05, 0.1) is 5.75 Å². The average molecular weight is 196 g/mol. The molecule has 0 saturated heterocycles. The number of carbonyl (C=O) groups is 1. The molecule has 0 saturated carbocycles. The van der Waals surface area contributed by atoms with E-state index < -0.39 is 0 Å². The molecule has 0 fully saturated rings. The lowest BCUT2D eigenvalue weighted by atomic mass is 9.99. The molecular formula is C11H16OS. The van der Waals surface area contributed by atoms with Gasteiger partial charge in [0.1, 0.15) is 5.78 Å². The lowest BCUT2D eigenvalue weighted by molar-refractivity contribution is -0.114. The molecule has 72 valence electrons. The molecule has 1 unspecified atom stereocenters. The van der Waals surface area contributed by atoms with Crippen LogP contribution in [0.3, 0.4) is 0 Å². The largest absolute Gasteiger partial charge is 0.299 e. The van der Waals surface area contributed by atoms with Crippen LogP contribution in [0.1, 0.15) is 27.2 Å². The molecule has 0 aromatic carbocycles. The van der Waals surface area contributed by atoms with Crippen LogP contribution in [0.2, 0.25) is 0 Å². The molecule has 0 aliphatic heterocycles. The molecule has 0 spiro atoms. The highest BCUT2D eigenvalue weighted by atomic mass is 32.2. The topological polar surface area (TPSA) is 17.1 Å². The number of hydrogen-bond donors (Lipinski definition) is 0. The quantitative estimate of drug-likeness (QED) is 0.689. The van der Waals surface area contributed by atoms with Crippen molar-refractivity contribution in [2.75, 3.05) is 5.75 Å². The molecule has 13 heavy (non-hydrogen) atoms. The van der Waals surface area contributed by atoms with Crippen LogP contribution < -0.4 is 0 Å². The Morgan fingerprint density at radius 3 is 2.92 bits per heavy atom. The molecule has 0 aromatic rings. The highest BCUT2D eigenvalue weighted by Crippen LogP contribution is 2.30. The van der Waals surface area contributed by atoms with Gasteiger partial charge in [-0.2, -0.15) is 0 Å². The second-order valence-corrected chi connectivity index (χ2v) is 4.64. The predicted molar refractivity (Wildman–Crippen MR) is 58.8 cm³/mol. The first-order valence-corrected chi connectivity index (χ1v) is 5.59. The maximum Gasteiger partial charge on any atom is 0.140 e. The van der Waals surface area contributed by atoms with Crippen LogP contribution in [0.15, 0.2) is 22.6 Å². The minimum Gasteiger partial charge on any atom is -0.299 e. The van der Waals surface area contributed by atoms with E-state index in [1.165, 1.54) is 10.5 Å². The van der Waals surface area contributed by atoms with Crippen LogP contribution in [-0.2, 0) is 4.79 Å². The van der Waals surface area contributed by atoms with E-state index in [1.54, 1.807) is 18.7 Å². The molecule has 0 radical (unpaired) electrons. The highest BCUT2D eigenvalue weighted by molar-refractivity contribution is 8.03. The fourth-order valence-corrected chi connectivity index (χ4v) is 2.25. The van der Waals surface area contributed by atoms with E-state index in [2.05, 4.69) is 26.0 Å². The SMILES string of the molecule is CC(=O)CSC1=CCC(C)C=C1C. The van der Waals surface area contributed by atoms with Crippen molar-refractivity contribution in [3.63, 3.8) is 0 Å². The summed E-state index contributed by atoms with van der Waals surface area (Å²) in [7, 11) is 0. The first-order valence-electron chi connectivity index (χ1n) is 4.61. The van der Waals surface area contributed by atoms with Gasteiger partial charge in [-0.25, -0.2) is 0 Å². The molecule has 2 heteroatoms. The smallest absolute Gasteiger partial charge is 0.140 e. The molecule has 1 aliphatic carbocycles. The lowest BCUT2D eigenvalue weighted by Crippen LogP contribution is -2.00. The monoisotopic (exact) mass is 196 g/mol. The van der Waals surface area contributed by atoms with Crippen LogP contribution in [0, 0.1) is 5.92 Å².